The number of rotatable bonds is 10. The number of benzene rings is 2. The lowest BCUT2D eigenvalue weighted by Crippen LogP contribution is -2.38. The molecule has 0 aliphatic carbocycles. The standard InChI is InChI=1S/C32H44N2O7/c1-31(2,3)40-28(35)27(25-15-17-34(21-25)30(37)41-32(4,5)6)20-24-13-10-14-26(19-24)38-18-16-33-29(36)39-22-23-11-8-7-9-12-23/h7-14,19,25,27H,15-18,20-22H2,1-6H3,(H,33,36)/t25-,27-/m0/s1. The van der Waals surface area contributed by atoms with Gasteiger partial charge in [-0.1, -0.05) is 42.5 Å². The van der Waals surface area contributed by atoms with Gasteiger partial charge in [-0.25, -0.2) is 9.59 Å². The van der Waals surface area contributed by atoms with E-state index in [4.69, 9.17) is 18.9 Å². The summed E-state index contributed by atoms with van der Waals surface area (Å²) in [7, 11) is 0. The second-order valence-electron chi connectivity index (χ2n) is 12.3. The van der Waals surface area contributed by atoms with E-state index in [-0.39, 0.29) is 37.7 Å². The Labute approximate surface area is 243 Å². The molecular formula is C32H44N2O7. The molecule has 1 N–H and O–H groups in total. The summed E-state index contributed by atoms with van der Waals surface area (Å²) in [5.41, 5.74) is 0.622. The number of carbonyl (C=O) groups is 3. The predicted octanol–water partition coefficient (Wildman–Crippen LogP) is 5.75. The van der Waals surface area contributed by atoms with E-state index in [0.29, 0.717) is 31.7 Å². The summed E-state index contributed by atoms with van der Waals surface area (Å²) in [5.74, 6) is -0.143. The number of hydrogen-bond acceptors (Lipinski definition) is 7. The van der Waals surface area contributed by atoms with Crippen molar-refractivity contribution in [2.45, 2.75) is 72.2 Å². The van der Waals surface area contributed by atoms with Crippen LogP contribution in [0.4, 0.5) is 9.59 Å². The predicted molar refractivity (Wildman–Crippen MR) is 156 cm³/mol. The normalized spacial score (nSPS) is 16.0. The van der Waals surface area contributed by atoms with Gasteiger partial charge in [0.15, 0.2) is 0 Å². The average molecular weight is 569 g/mol. The van der Waals surface area contributed by atoms with E-state index in [2.05, 4.69) is 5.32 Å². The maximum Gasteiger partial charge on any atom is 0.410 e. The third-order valence-electron chi connectivity index (χ3n) is 6.36. The highest BCUT2D eigenvalue weighted by Gasteiger charge is 2.39. The topological polar surface area (TPSA) is 103 Å². The lowest BCUT2D eigenvalue weighted by Gasteiger charge is -2.28. The highest BCUT2D eigenvalue weighted by Crippen LogP contribution is 2.31. The second-order valence-corrected chi connectivity index (χ2v) is 12.3. The molecule has 1 saturated heterocycles. The molecule has 224 valence electrons. The van der Waals surface area contributed by atoms with Crippen LogP contribution >= 0.6 is 0 Å². The summed E-state index contributed by atoms with van der Waals surface area (Å²) in [4.78, 5) is 39.6. The van der Waals surface area contributed by atoms with Crippen LogP contribution in [-0.2, 0) is 32.0 Å². The maximum atomic E-state index is 13.3. The van der Waals surface area contributed by atoms with Gasteiger partial charge >= 0.3 is 18.2 Å². The third kappa shape index (κ3) is 11.3. The molecule has 1 heterocycles. The minimum atomic E-state index is -0.626. The number of likely N-dealkylation sites (tertiary alicyclic amines) is 1. The lowest BCUT2D eigenvalue weighted by atomic mass is 9.86. The Hall–Kier alpha value is -3.75. The molecule has 1 fully saturated rings. The number of hydrogen-bond donors (Lipinski definition) is 1. The van der Waals surface area contributed by atoms with Crippen LogP contribution in [0, 0.1) is 11.8 Å². The molecule has 0 spiro atoms. The molecule has 2 aromatic carbocycles. The molecule has 0 unspecified atom stereocenters. The zero-order chi connectivity index (χ0) is 30.0. The van der Waals surface area contributed by atoms with Gasteiger partial charge in [0.25, 0.3) is 0 Å². The van der Waals surface area contributed by atoms with E-state index in [9.17, 15) is 14.4 Å². The van der Waals surface area contributed by atoms with Gasteiger partial charge in [0, 0.05) is 13.1 Å². The first-order chi connectivity index (χ1) is 19.3. The van der Waals surface area contributed by atoms with Crippen LogP contribution in [0.2, 0.25) is 0 Å². The zero-order valence-corrected chi connectivity index (χ0v) is 25.1. The van der Waals surface area contributed by atoms with E-state index in [1.807, 2.05) is 96.1 Å². The highest BCUT2D eigenvalue weighted by molar-refractivity contribution is 5.74. The highest BCUT2D eigenvalue weighted by atomic mass is 16.6. The first-order valence-corrected chi connectivity index (χ1v) is 14.2. The Morgan fingerprint density at radius 1 is 0.927 bits per heavy atom. The smallest absolute Gasteiger partial charge is 0.410 e. The Bertz CT molecular complexity index is 1150. The molecule has 9 nitrogen and oxygen atoms in total. The van der Waals surface area contributed by atoms with E-state index in [0.717, 1.165) is 11.1 Å². The molecule has 0 bridgehead atoms. The molecule has 0 aromatic heterocycles. The Balaban J connectivity index is 1.56. The molecule has 2 atom stereocenters. The van der Waals surface area contributed by atoms with Crippen molar-refractivity contribution in [1.82, 2.24) is 10.2 Å². The van der Waals surface area contributed by atoms with E-state index in [1.54, 1.807) is 4.90 Å². The van der Waals surface area contributed by atoms with Gasteiger partial charge in [0.2, 0.25) is 0 Å². The summed E-state index contributed by atoms with van der Waals surface area (Å²) in [6.07, 6.45) is 0.258. The molecule has 41 heavy (non-hydrogen) atoms. The van der Waals surface area contributed by atoms with E-state index < -0.39 is 23.2 Å². The van der Waals surface area contributed by atoms with Crippen LogP contribution in [0.25, 0.3) is 0 Å². The second kappa shape index (κ2) is 14.2. The minimum Gasteiger partial charge on any atom is -0.492 e. The minimum absolute atomic E-state index is 0.0620. The van der Waals surface area contributed by atoms with E-state index >= 15 is 0 Å². The molecule has 2 aromatic rings. The summed E-state index contributed by atoms with van der Waals surface area (Å²) < 4.78 is 22.4. The summed E-state index contributed by atoms with van der Waals surface area (Å²) in [6, 6.07) is 17.0. The SMILES string of the molecule is CC(C)(C)OC(=O)[C@@H](Cc1cccc(OCCNC(=O)OCc2ccccc2)c1)[C@H]1CCN(C(=O)OC(C)(C)C)C1. The largest absolute Gasteiger partial charge is 0.492 e. The fraction of sp³-hybridized carbons (Fsp3) is 0.531. The molecule has 0 radical (unpaired) electrons. The Kier molecular flexibility index (Phi) is 11.0. The van der Waals surface area contributed by atoms with Gasteiger partial charge in [-0.3, -0.25) is 4.79 Å². The summed E-state index contributed by atoms with van der Waals surface area (Å²) >= 11 is 0. The van der Waals surface area contributed by atoms with Crippen LogP contribution in [0.3, 0.4) is 0 Å². The fourth-order valence-electron chi connectivity index (χ4n) is 4.54. The maximum absolute atomic E-state index is 13.3. The summed E-state index contributed by atoms with van der Waals surface area (Å²) in [6.45, 7) is 12.8. The van der Waals surface area contributed by atoms with Crippen LogP contribution in [0.1, 0.15) is 59.1 Å². The van der Waals surface area contributed by atoms with E-state index in [1.165, 1.54) is 0 Å². The van der Waals surface area contributed by atoms with Crippen molar-refractivity contribution in [3.63, 3.8) is 0 Å². The Morgan fingerprint density at radius 2 is 1.61 bits per heavy atom. The molecular weight excluding hydrogens is 524 g/mol. The number of nitrogens with zero attached hydrogens (tertiary/aromatic N) is 1. The Morgan fingerprint density at radius 3 is 2.29 bits per heavy atom. The fourth-order valence-corrected chi connectivity index (χ4v) is 4.54. The number of ether oxygens (including phenoxy) is 4. The van der Waals surface area contributed by atoms with Crippen molar-refractivity contribution >= 4 is 18.2 Å². The van der Waals surface area contributed by atoms with Crippen molar-refractivity contribution in [3.05, 3.63) is 65.7 Å². The van der Waals surface area contributed by atoms with Gasteiger partial charge in [0.05, 0.1) is 12.5 Å². The van der Waals surface area contributed by atoms with Crippen LogP contribution in [0.15, 0.2) is 54.6 Å². The van der Waals surface area contributed by atoms with Crippen LogP contribution in [0.5, 0.6) is 5.75 Å². The molecule has 0 saturated carbocycles. The third-order valence-corrected chi connectivity index (χ3v) is 6.36. The molecule has 9 heteroatoms. The lowest BCUT2D eigenvalue weighted by molar-refractivity contribution is -0.162. The molecule has 3 rings (SSSR count). The zero-order valence-electron chi connectivity index (χ0n) is 25.1. The number of nitrogens with one attached hydrogen (secondary N) is 1. The molecule has 2 amide bonds. The van der Waals surface area contributed by atoms with Gasteiger partial charge < -0.3 is 29.2 Å². The van der Waals surface area contributed by atoms with Crippen LogP contribution in [-0.4, -0.2) is 60.5 Å². The van der Waals surface area contributed by atoms with Gasteiger partial charge in [-0.2, -0.15) is 0 Å². The number of carbonyl (C=O) groups excluding carboxylic acids is 3. The molecule has 1 aliphatic rings. The van der Waals surface area contributed by atoms with Crippen molar-refractivity contribution < 1.29 is 33.3 Å². The quantitative estimate of drug-likeness (QED) is 0.221. The van der Waals surface area contributed by atoms with Crippen molar-refractivity contribution in [2.75, 3.05) is 26.2 Å². The van der Waals surface area contributed by atoms with Crippen molar-refractivity contribution in [1.29, 1.82) is 0 Å². The average Bonchev–Trinajstić information content (AvgIpc) is 3.38. The first kappa shape index (κ1) is 31.8. The van der Waals surface area contributed by atoms with Gasteiger partial charge in [-0.05, 0) is 83.6 Å². The number of amides is 2. The van der Waals surface area contributed by atoms with Gasteiger partial charge in [0.1, 0.15) is 30.2 Å². The van der Waals surface area contributed by atoms with Crippen LogP contribution < -0.4 is 10.1 Å². The van der Waals surface area contributed by atoms with Gasteiger partial charge in [-0.15, -0.1) is 0 Å². The number of esters is 1. The monoisotopic (exact) mass is 568 g/mol. The number of alkyl carbamates (subject to hydrolysis) is 1. The molecule has 1 aliphatic heterocycles. The first-order valence-electron chi connectivity index (χ1n) is 14.2. The summed E-state index contributed by atoms with van der Waals surface area (Å²) in [5, 5.41) is 2.68. The van der Waals surface area contributed by atoms with Crippen molar-refractivity contribution in [3.8, 4) is 5.75 Å². The van der Waals surface area contributed by atoms with Crippen molar-refractivity contribution in [2.24, 2.45) is 11.8 Å².